The first-order valence-electron chi connectivity index (χ1n) is 6.64. The molecular weight excluding hydrogens is 232 g/mol. The zero-order valence-electron chi connectivity index (χ0n) is 10.3. The number of aromatic nitrogens is 3. The highest BCUT2D eigenvalue weighted by molar-refractivity contribution is 5.70. The maximum Gasteiger partial charge on any atom is 0.307 e. The third-order valence-electron chi connectivity index (χ3n) is 3.96. The third-order valence-corrected chi connectivity index (χ3v) is 3.96. The summed E-state index contributed by atoms with van der Waals surface area (Å²) in [6.07, 6.45) is 4.73. The summed E-state index contributed by atoms with van der Waals surface area (Å²) in [5, 5.41) is 21.0. The van der Waals surface area contributed by atoms with Gasteiger partial charge < -0.3 is 15.0 Å². The number of rotatable bonds is 2. The lowest BCUT2D eigenvalue weighted by atomic mass is 9.97. The molecule has 2 atom stereocenters. The summed E-state index contributed by atoms with van der Waals surface area (Å²) >= 11 is 0. The molecule has 98 valence electrons. The molecule has 0 saturated carbocycles. The lowest BCUT2D eigenvalue weighted by molar-refractivity contribution is -0.142. The van der Waals surface area contributed by atoms with Crippen molar-refractivity contribution in [2.24, 2.45) is 5.92 Å². The lowest BCUT2D eigenvalue weighted by Gasteiger charge is -2.26. The van der Waals surface area contributed by atoms with Crippen molar-refractivity contribution in [2.75, 3.05) is 6.54 Å². The van der Waals surface area contributed by atoms with Crippen LogP contribution in [-0.2, 0) is 17.8 Å². The van der Waals surface area contributed by atoms with Gasteiger partial charge in [0, 0.05) is 13.0 Å². The number of carboxylic acids is 1. The normalized spacial score (nSPS) is 27.8. The Bertz CT molecular complexity index is 451. The topological polar surface area (TPSA) is 80.0 Å². The second-order valence-corrected chi connectivity index (χ2v) is 5.16. The van der Waals surface area contributed by atoms with E-state index in [2.05, 4.69) is 20.1 Å². The highest BCUT2D eigenvalue weighted by Crippen LogP contribution is 2.26. The quantitative estimate of drug-likeness (QED) is 0.809. The fraction of sp³-hybridized carbons (Fsp3) is 0.750. The van der Waals surface area contributed by atoms with Crippen LogP contribution in [0.3, 0.4) is 0 Å². The van der Waals surface area contributed by atoms with Gasteiger partial charge in [-0.25, -0.2) is 0 Å². The summed E-state index contributed by atoms with van der Waals surface area (Å²) in [5.41, 5.74) is 0. The van der Waals surface area contributed by atoms with Gasteiger partial charge in [-0.05, 0) is 25.8 Å². The maximum absolute atomic E-state index is 11.0. The maximum atomic E-state index is 11.0. The predicted molar refractivity (Wildman–Crippen MR) is 64.1 cm³/mol. The molecule has 0 aliphatic carbocycles. The van der Waals surface area contributed by atoms with E-state index in [1.807, 2.05) is 0 Å². The van der Waals surface area contributed by atoms with Crippen LogP contribution in [0.15, 0.2) is 0 Å². The van der Waals surface area contributed by atoms with E-state index in [9.17, 15) is 4.79 Å². The summed E-state index contributed by atoms with van der Waals surface area (Å²) in [6.45, 7) is 1.76. The second kappa shape index (κ2) is 4.68. The van der Waals surface area contributed by atoms with Crippen molar-refractivity contribution < 1.29 is 9.90 Å². The number of hydrogen-bond acceptors (Lipinski definition) is 4. The van der Waals surface area contributed by atoms with E-state index in [0.717, 1.165) is 31.2 Å². The van der Waals surface area contributed by atoms with Crippen LogP contribution in [0.5, 0.6) is 0 Å². The monoisotopic (exact) mass is 250 g/mol. The molecule has 1 aromatic rings. The van der Waals surface area contributed by atoms with Gasteiger partial charge in [0.05, 0.1) is 12.0 Å². The molecule has 0 radical (unpaired) electrons. The molecule has 2 aliphatic heterocycles. The van der Waals surface area contributed by atoms with E-state index in [4.69, 9.17) is 5.11 Å². The van der Waals surface area contributed by atoms with E-state index >= 15 is 0 Å². The summed E-state index contributed by atoms with van der Waals surface area (Å²) in [4.78, 5) is 11.0. The van der Waals surface area contributed by atoms with Crippen molar-refractivity contribution in [3.8, 4) is 0 Å². The number of nitrogens with one attached hydrogen (secondary N) is 1. The van der Waals surface area contributed by atoms with Crippen molar-refractivity contribution in [3.63, 3.8) is 0 Å². The van der Waals surface area contributed by atoms with Gasteiger partial charge in [0.25, 0.3) is 0 Å². The molecule has 0 spiro atoms. The molecule has 6 heteroatoms. The number of carbonyl (C=O) groups is 1. The number of carboxylic acid groups (broad SMARTS) is 1. The molecule has 1 aromatic heterocycles. The minimum atomic E-state index is -0.721. The molecular formula is C12H18N4O2. The van der Waals surface area contributed by atoms with Crippen LogP contribution >= 0.6 is 0 Å². The summed E-state index contributed by atoms with van der Waals surface area (Å²) in [6, 6.07) is 0.293. The predicted octanol–water partition coefficient (Wildman–Crippen LogP) is 0.740. The van der Waals surface area contributed by atoms with E-state index in [0.29, 0.717) is 18.9 Å². The number of piperidine rings is 1. The Hall–Kier alpha value is -1.43. The third kappa shape index (κ3) is 2.01. The molecule has 3 heterocycles. The van der Waals surface area contributed by atoms with Gasteiger partial charge in [0.1, 0.15) is 11.6 Å². The SMILES string of the molecule is O=C(O)C1CCn2c(nnc2C2CCCCN2)C1. The van der Waals surface area contributed by atoms with Crippen LogP contribution in [0.4, 0.5) is 0 Å². The number of nitrogens with zero attached hydrogens (tertiary/aromatic N) is 3. The van der Waals surface area contributed by atoms with Gasteiger partial charge in [0.2, 0.25) is 0 Å². The fourth-order valence-electron chi connectivity index (χ4n) is 2.89. The molecule has 0 aromatic carbocycles. The Morgan fingerprint density at radius 3 is 2.94 bits per heavy atom. The van der Waals surface area contributed by atoms with Crippen LogP contribution in [0.25, 0.3) is 0 Å². The Balaban J connectivity index is 1.81. The summed E-state index contributed by atoms with van der Waals surface area (Å²) < 4.78 is 2.11. The summed E-state index contributed by atoms with van der Waals surface area (Å²) in [7, 11) is 0. The highest BCUT2D eigenvalue weighted by atomic mass is 16.4. The molecule has 2 aliphatic rings. The minimum absolute atomic E-state index is 0.293. The van der Waals surface area contributed by atoms with Crippen molar-refractivity contribution in [1.82, 2.24) is 20.1 Å². The van der Waals surface area contributed by atoms with Crippen molar-refractivity contribution in [2.45, 2.75) is 44.7 Å². The fourth-order valence-corrected chi connectivity index (χ4v) is 2.89. The largest absolute Gasteiger partial charge is 0.481 e. The van der Waals surface area contributed by atoms with Crippen LogP contribution in [0.1, 0.15) is 43.4 Å². The Morgan fingerprint density at radius 2 is 2.22 bits per heavy atom. The second-order valence-electron chi connectivity index (χ2n) is 5.16. The molecule has 0 amide bonds. The van der Waals surface area contributed by atoms with Crippen molar-refractivity contribution >= 4 is 5.97 Å². The molecule has 2 unspecified atom stereocenters. The average Bonchev–Trinajstić information content (AvgIpc) is 2.82. The standard InChI is InChI=1S/C12H18N4O2/c17-12(18)8-4-6-16-10(7-8)14-15-11(16)9-3-1-2-5-13-9/h8-9,13H,1-7H2,(H,17,18). The van der Waals surface area contributed by atoms with Crippen LogP contribution in [-0.4, -0.2) is 32.4 Å². The first kappa shape index (κ1) is 11.6. The van der Waals surface area contributed by atoms with Gasteiger partial charge in [-0.1, -0.05) is 6.42 Å². The first-order chi connectivity index (χ1) is 8.75. The highest BCUT2D eigenvalue weighted by Gasteiger charge is 2.30. The average molecular weight is 250 g/mol. The van der Waals surface area contributed by atoms with E-state index in [1.165, 1.54) is 12.8 Å². The molecule has 1 saturated heterocycles. The molecule has 6 nitrogen and oxygen atoms in total. The molecule has 2 N–H and O–H groups in total. The van der Waals surface area contributed by atoms with Gasteiger partial charge >= 0.3 is 5.97 Å². The molecule has 0 bridgehead atoms. The van der Waals surface area contributed by atoms with Crippen molar-refractivity contribution in [3.05, 3.63) is 11.6 Å². The first-order valence-corrected chi connectivity index (χ1v) is 6.64. The van der Waals surface area contributed by atoms with Crippen LogP contribution in [0.2, 0.25) is 0 Å². The zero-order chi connectivity index (χ0) is 12.5. The lowest BCUT2D eigenvalue weighted by Crippen LogP contribution is -2.32. The summed E-state index contributed by atoms with van der Waals surface area (Å²) in [5.74, 6) is 0.806. The minimum Gasteiger partial charge on any atom is -0.481 e. The van der Waals surface area contributed by atoms with Gasteiger partial charge in [-0.2, -0.15) is 0 Å². The Kier molecular flexibility index (Phi) is 3.03. The molecule has 18 heavy (non-hydrogen) atoms. The smallest absolute Gasteiger partial charge is 0.307 e. The number of aliphatic carboxylic acids is 1. The van der Waals surface area contributed by atoms with Gasteiger partial charge in [-0.3, -0.25) is 4.79 Å². The molecule has 3 rings (SSSR count). The molecule has 1 fully saturated rings. The zero-order valence-corrected chi connectivity index (χ0v) is 10.3. The number of fused-ring (bicyclic) bond motifs is 1. The Morgan fingerprint density at radius 1 is 1.33 bits per heavy atom. The van der Waals surface area contributed by atoms with Gasteiger partial charge in [0.15, 0.2) is 0 Å². The Labute approximate surface area is 105 Å². The van der Waals surface area contributed by atoms with E-state index in [1.54, 1.807) is 0 Å². The van der Waals surface area contributed by atoms with E-state index < -0.39 is 5.97 Å². The van der Waals surface area contributed by atoms with Crippen LogP contribution in [0, 0.1) is 5.92 Å². The van der Waals surface area contributed by atoms with Crippen molar-refractivity contribution in [1.29, 1.82) is 0 Å². The van der Waals surface area contributed by atoms with Gasteiger partial charge in [-0.15, -0.1) is 10.2 Å². The van der Waals surface area contributed by atoms with Crippen LogP contribution < -0.4 is 5.32 Å². The number of hydrogen-bond donors (Lipinski definition) is 2. The van der Waals surface area contributed by atoms with E-state index in [-0.39, 0.29) is 5.92 Å².